The van der Waals surface area contributed by atoms with Crippen LogP contribution in [0.1, 0.15) is 65.4 Å². The second-order valence-electron chi connectivity index (χ2n) is 9.81. The Hall–Kier alpha value is -1.28. The van der Waals surface area contributed by atoms with Gasteiger partial charge in [0.25, 0.3) is 0 Å². The maximum atomic E-state index is 5.94. The van der Waals surface area contributed by atoms with Crippen molar-refractivity contribution in [2.24, 2.45) is 33.7 Å². The third kappa shape index (κ3) is 3.35. The van der Waals surface area contributed by atoms with Crippen LogP contribution in [-0.2, 0) is 11.4 Å². The smallest absolute Gasteiger partial charge is 0.142 e. The molecule has 3 aliphatic carbocycles. The van der Waals surface area contributed by atoms with Crippen molar-refractivity contribution >= 4 is 17.3 Å². The van der Waals surface area contributed by atoms with Gasteiger partial charge in [0.15, 0.2) is 0 Å². The van der Waals surface area contributed by atoms with Gasteiger partial charge in [-0.3, -0.25) is 0 Å². The Morgan fingerprint density at radius 2 is 1.93 bits per heavy atom. The lowest BCUT2D eigenvalue weighted by molar-refractivity contribution is 0.130. The van der Waals surface area contributed by atoms with Crippen molar-refractivity contribution in [1.29, 1.82) is 0 Å². The second kappa shape index (κ2) is 6.95. The first-order valence-electron chi connectivity index (χ1n) is 10.4. The Morgan fingerprint density at radius 3 is 2.67 bits per heavy atom. The molecule has 0 radical (unpaired) electrons. The molecule has 2 nitrogen and oxygen atoms in total. The van der Waals surface area contributed by atoms with Crippen LogP contribution in [0.3, 0.4) is 0 Å². The van der Waals surface area contributed by atoms with E-state index in [1.165, 1.54) is 32.1 Å². The molecule has 1 aromatic carbocycles. The topological polar surface area (TPSA) is 21.6 Å². The number of hydrogen-bond donors (Lipinski definition) is 0. The normalized spacial score (nSPS) is 36.1. The summed E-state index contributed by atoms with van der Waals surface area (Å²) in [7, 11) is 0. The van der Waals surface area contributed by atoms with Gasteiger partial charge in [0.1, 0.15) is 6.61 Å². The summed E-state index contributed by atoms with van der Waals surface area (Å²) in [4.78, 5) is 5.62. The first kappa shape index (κ1) is 19.1. The molecular weight excluding hydrogens is 354 g/mol. The Kier molecular flexibility index (Phi) is 4.91. The maximum absolute atomic E-state index is 5.94. The van der Waals surface area contributed by atoms with Gasteiger partial charge in [-0.2, -0.15) is 0 Å². The maximum Gasteiger partial charge on any atom is 0.142 e. The average Bonchev–Trinajstić information content (AvgIpc) is 3.11. The molecular formula is C24H32ClNO. The number of hydrogen-bond acceptors (Lipinski definition) is 2. The molecule has 3 fully saturated rings. The van der Waals surface area contributed by atoms with Crippen molar-refractivity contribution < 1.29 is 4.84 Å². The minimum atomic E-state index is 0.369. The number of halogens is 1. The lowest BCUT2D eigenvalue weighted by atomic mass is 9.68. The largest absolute Gasteiger partial charge is 0.391 e. The Morgan fingerprint density at radius 1 is 1.19 bits per heavy atom. The third-order valence-electron chi connectivity index (χ3n) is 7.67. The van der Waals surface area contributed by atoms with Crippen LogP contribution in [0.15, 0.2) is 41.1 Å². The Bertz CT molecular complexity index is 763. The van der Waals surface area contributed by atoms with E-state index in [1.807, 2.05) is 24.3 Å². The highest BCUT2D eigenvalue weighted by atomic mass is 35.5. The first-order chi connectivity index (χ1) is 12.8. The fourth-order valence-electron chi connectivity index (χ4n) is 6.51. The van der Waals surface area contributed by atoms with Gasteiger partial charge in [-0.15, -0.1) is 0 Å². The standard InChI is InChI=1S/C24H32ClNO/c1-16(26-27-15-17-6-8-18(25)9-7-17)14-21-19-10-11-20-22(19)23(2,3)12-5-13-24(20,21)4/h6-9,14,19-20,22H,5,10-13,15H2,1-4H3/b21-14?,26-16+/t19-,20-,22-,24+/m1/s1. The number of rotatable bonds is 4. The third-order valence-corrected chi connectivity index (χ3v) is 7.92. The van der Waals surface area contributed by atoms with Gasteiger partial charge >= 0.3 is 0 Å². The second-order valence-corrected chi connectivity index (χ2v) is 10.2. The van der Waals surface area contributed by atoms with Gasteiger partial charge in [-0.25, -0.2) is 0 Å². The van der Waals surface area contributed by atoms with Crippen molar-refractivity contribution in [2.75, 3.05) is 0 Å². The highest BCUT2D eigenvalue weighted by Gasteiger charge is 2.62. The molecule has 0 unspecified atom stereocenters. The molecule has 3 saturated carbocycles. The van der Waals surface area contributed by atoms with E-state index in [0.29, 0.717) is 17.4 Å². The molecule has 146 valence electrons. The summed E-state index contributed by atoms with van der Waals surface area (Å²) in [6.07, 6.45) is 9.20. The van der Waals surface area contributed by atoms with E-state index in [2.05, 4.69) is 38.9 Å². The summed E-state index contributed by atoms with van der Waals surface area (Å²) < 4.78 is 0. The van der Waals surface area contributed by atoms with Crippen LogP contribution in [-0.4, -0.2) is 5.71 Å². The zero-order valence-corrected chi connectivity index (χ0v) is 17.9. The molecule has 0 heterocycles. The average molecular weight is 386 g/mol. The van der Waals surface area contributed by atoms with Crippen molar-refractivity contribution in [2.45, 2.75) is 66.4 Å². The van der Waals surface area contributed by atoms with Crippen molar-refractivity contribution in [3.8, 4) is 0 Å². The number of benzene rings is 1. The zero-order chi connectivity index (χ0) is 19.2. The highest BCUT2D eigenvalue weighted by Crippen LogP contribution is 2.70. The zero-order valence-electron chi connectivity index (χ0n) is 17.1. The summed E-state index contributed by atoms with van der Waals surface area (Å²) in [5, 5.41) is 5.15. The minimum absolute atomic E-state index is 0.369. The van der Waals surface area contributed by atoms with Crippen LogP contribution in [0.5, 0.6) is 0 Å². The Balaban J connectivity index is 1.52. The fraction of sp³-hybridized carbons (Fsp3) is 0.625. The van der Waals surface area contributed by atoms with E-state index in [1.54, 1.807) is 5.57 Å². The molecule has 0 aliphatic heterocycles. The van der Waals surface area contributed by atoms with Gasteiger partial charge in [0, 0.05) is 5.02 Å². The van der Waals surface area contributed by atoms with Gasteiger partial charge in [0.05, 0.1) is 5.71 Å². The summed E-state index contributed by atoms with van der Waals surface area (Å²) in [5.41, 5.74) is 4.58. The molecule has 0 saturated heterocycles. The number of allylic oxidation sites excluding steroid dienone is 2. The van der Waals surface area contributed by atoms with E-state index in [4.69, 9.17) is 16.4 Å². The van der Waals surface area contributed by atoms with Crippen LogP contribution in [0, 0.1) is 28.6 Å². The SMILES string of the molecule is C/C(C=C1[C@H]2CC[C@@H]3[C@@H]2C(C)(C)CCC[C@]13C)=N\OCc1ccc(Cl)cc1. The molecule has 0 N–H and O–H groups in total. The lowest BCUT2D eigenvalue weighted by Gasteiger charge is -2.36. The van der Waals surface area contributed by atoms with Crippen molar-refractivity contribution in [3.63, 3.8) is 0 Å². The molecule has 3 heteroatoms. The molecule has 0 aromatic heterocycles. The first-order valence-corrected chi connectivity index (χ1v) is 10.8. The molecule has 4 bridgehead atoms. The van der Waals surface area contributed by atoms with Crippen LogP contribution in [0.25, 0.3) is 0 Å². The quantitative estimate of drug-likeness (QED) is 0.402. The van der Waals surface area contributed by atoms with Gasteiger partial charge in [-0.05, 0) is 85.0 Å². The lowest BCUT2D eigenvalue weighted by Crippen LogP contribution is -2.28. The molecule has 1 aromatic rings. The van der Waals surface area contributed by atoms with E-state index in [9.17, 15) is 0 Å². The van der Waals surface area contributed by atoms with Crippen LogP contribution >= 0.6 is 11.6 Å². The van der Waals surface area contributed by atoms with Crippen LogP contribution < -0.4 is 0 Å². The summed E-state index contributed by atoms with van der Waals surface area (Å²) in [5.74, 6) is 2.45. The van der Waals surface area contributed by atoms with E-state index in [-0.39, 0.29) is 0 Å². The molecule has 4 rings (SSSR count). The minimum Gasteiger partial charge on any atom is -0.391 e. The van der Waals surface area contributed by atoms with Gasteiger partial charge in [0.2, 0.25) is 0 Å². The predicted molar refractivity (Wildman–Crippen MR) is 113 cm³/mol. The number of nitrogens with zero attached hydrogens (tertiary/aromatic N) is 1. The monoisotopic (exact) mass is 385 g/mol. The fourth-order valence-corrected chi connectivity index (χ4v) is 6.64. The van der Waals surface area contributed by atoms with Crippen molar-refractivity contribution in [1.82, 2.24) is 0 Å². The van der Waals surface area contributed by atoms with Gasteiger partial charge in [-0.1, -0.05) is 61.7 Å². The molecule has 3 aliphatic rings. The van der Waals surface area contributed by atoms with E-state index < -0.39 is 0 Å². The van der Waals surface area contributed by atoms with Crippen LogP contribution in [0.2, 0.25) is 5.02 Å². The molecule has 0 amide bonds. The van der Waals surface area contributed by atoms with E-state index in [0.717, 1.165) is 34.1 Å². The summed E-state index contributed by atoms with van der Waals surface area (Å²) in [6, 6.07) is 7.74. The molecule has 4 atom stereocenters. The van der Waals surface area contributed by atoms with E-state index >= 15 is 0 Å². The highest BCUT2D eigenvalue weighted by molar-refractivity contribution is 6.30. The summed E-state index contributed by atoms with van der Waals surface area (Å²) >= 11 is 5.94. The van der Waals surface area contributed by atoms with Gasteiger partial charge < -0.3 is 4.84 Å². The predicted octanol–water partition coefficient (Wildman–Crippen LogP) is 7.03. The molecule has 27 heavy (non-hydrogen) atoms. The molecule has 0 spiro atoms. The number of oxime groups is 1. The summed E-state index contributed by atoms with van der Waals surface area (Å²) in [6.45, 7) is 10.1. The van der Waals surface area contributed by atoms with Crippen LogP contribution in [0.4, 0.5) is 0 Å². The Labute approximate surface area is 169 Å². The van der Waals surface area contributed by atoms with Crippen molar-refractivity contribution in [3.05, 3.63) is 46.5 Å².